The predicted molar refractivity (Wildman–Crippen MR) is 83.3 cm³/mol. The van der Waals surface area contributed by atoms with Gasteiger partial charge >= 0.3 is 7.82 Å². The number of nitrogens with one attached hydrogen (secondary N) is 1. The lowest BCUT2D eigenvalue weighted by molar-refractivity contribution is -0.137. The molecule has 0 spiro atoms. The molecule has 3 N–H and O–H groups in total. The molecule has 0 heterocycles. The number of rotatable bonds is 8. The lowest BCUT2D eigenvalue weighted by Crippen LogP contribution is -2.46. The van der Waals surface area contributed by atoms with Gasteiger partial charge in [-0.15, -0.1) is 0 Å². The smallest absolute Gasteiger partial charge is 0.383 e. The Hall–Kier alpha value is -0.110. The quantitative estimate of drug-likeness (QED) is 0.392. The van der Waals surface area contributed by atoms with Crippen molar-refractivity contribution >= 4 is 26.4 Å². The third kappa shape index (κ3) is 8.80. The molecule has 21 heavy (non-hydrogen) atoms. The van der Waals surface area contributed by atoms with Crippen LogP contribution in [0, 0.1) is 5.41 Å². The maximum Gasteiger partial charge on any atom is 0.472 e. The number of aliphatic hydroxyl groups excluding tert-OH is 1. The van der Waals surface area contributed by atoms with Crippen molar-refractivity contribution in [3.8, 4) is 0 Å². The van der Waals surface area contributed by atoms with Crippen LogP contribution in [0.4, 0.5) is 0 Å². The minimum atomic E-state index is -4.26. The zero-order chi connectivity index (χ0) is 16.9. The highest BCUT2D eigenvalue weighted by atomic mass is 32.1. The van der Waals surface area contributed by atoms with Gasteiger partial charge in [0.25, 0.3) is 0 Å². The Labute approximate surface area is 131 Å². The standard InChI is InChI=1S/C12H26NO6PS/c1-11(2,3)19-20(16,17)18-8-12(4,5)9(14)10(15)13-6-7-21/h9,14,21H,6-8H2,1-5H3,(H,13,15)(H,16,17). The number of phosphoric ester groups is 1. The molecule has 1 amide bonds. The third-order valence-corrected chi connectivity index (χ3v) is 3.85. The van der Waals surface area contributed by atoms with Gasteiger partial charge in [0.05, 0.1) is 12.2 Å². The number of hydrogen-bond acceptors (Lipinski definition) is 6. The summed E-state index contributed by atoms with van der Waals surface area (Å²) >= 11 is 3.95. The highest BCUT2D eigenvalue weighted by Gasteiger charge is 2.37. The lowest BCUT2D eigenvalue weighted by Gasteiger charge is -2.31. The first-order chi connectivity index (χ1) is 9.31. The van der Waals surface area contributed by atoms with E-state index in [0.717, 1.165) is 0 Å². The molecule has 7 nitrogen and oxygen atoms in total. The summed E-state index contributed by atoms with van der Waals surface area (Å²) in [7, 11) is -4.26. The van der Waals surface area contributed by atoms with Crippen LogP contribution in [0.5, 0.6) is 0 Å². The van der Waals surface area contributed by atoms with Gasteiger partial charge in [0.1, 0.15) is 6.10 Å². The summed E-state index contributed by atoms with van der Waals surface area (Å²) in [4.78, 5) is 21.3. The van der Waals surface area contributed by atoms with Crippen LogP contribution >= 0.6 is 20.5 Å². The maximum absolute atomic E-state index is 11.8. The lowest BCUT2D eigenvalue weighted by atomic mass is 9.87. The van der Waals surface area contributed by atoms with Crippen molar-refractivity contribution < 1.29 is 28.4 Å². The van der Waals surface area contributed by atoms with Gasteiger partial charge in [-0.1, -0.05) is 13.8 Å². The van der Waals surface area contributed by atoms with E-state index in [1.54, 1.807) is 34.6 Å². The summed E-state index contributed by atoms with van der Waals surface area (Å²) in [5, 5.41) is 12.5. The number of thiol groups is 1. The molecule has 9 heteroatoms. The maximum atomic E-state index is 11.8. The predicted octanol–water partition coefficient (Wildman–Crippen LogP) is 1.35. The first kappa shape index (κ1) is 20.9. The molecule has 0 radical (unpaired) electrons. The van der Waals surface area contributed by atoms with Crippen molar-refractivity contribution in [1.29, 1.82) is 0 Å². The van der Waals surface area contributed by atoms with Crippen LogP contribution in [0.1, 0.15) is 34.6 Å². The van der Waals surface area contributed by atoms with Crippen LogP contribution in [0.25, 0.3) is 0 Å². The summed E-state index contributed by atoms with van der Waals surface area (Å²) in [6, 6.07) is 0. The molecule has 2 atom stereocenters. The normalized spacial score (nSPS) is 17.1. The van der Waals surface area contributed by atoms with Crippen molar-refractivity contribution in [1.82, 2.24) is 5.32 Å². The Bertz CT molecular complexity index is 396. The van der Waals surface area contributed by atoms with Gasteiger partial charge in [-0.2, -0.15) is 12.6 Å². The van der Waals surface area contributed by atoms with Gasteiger partial charge < -0.3 is 15.3 Å². The van der Waals surface area contributed by atoms with Crippen LogP contribution in [0.3, 0.4) is 0 Å². The number of carbonyl (C=O) groups excluding carboxylic acids is 1. The Morgan fingerprint density at radius 1 is 1.33 bits per heavy atom. The Morgan fingerprint density at radius 2 is 1.86 bits per heavy atom. The van der Waals surface area contributed by atoms with Crippen LogP contribution < -0.4 is 5.32 Å². The van der Waals surface area contributed by atoms with Crippen LogP contribution in [0.15, 0.2) is 0 Å². The molecule has 0 bridgehead atoms. The van der Waals surface area contributed by atoms with E-state index in [2.05, 4.69) is 17.9 Å². The fourth-order valence-electron chi connectivity index (χ4n) is 1.33. The molecular formula is C12H26NO6PS. The van der Waals surface area contributed by atoms with E-state index in [-0.39, 0.29) is 6.61 Å². The number of hydrogen-bond donors (Lipinski definition) is 4. The summed E-state index contributed by atoms with van der Waals surface area (Å²) in [6.45, 7) is 7.95. The molecule has 0 aromatic carbocycles. The highest BCUT2D eigenvalue weighted by molar-refractivity contribution is 7.80. The molecule has 126 valence electrons. The molecule has 0 aliphatic heterocycles. The van der Waals surface area contributed by atoms with Crippen molar-refractivity contribution in [3.63, 3.8) is 0 Å². The van der Waals surface area contributed by atoms with Crippen molar-refractivity contribution in [2.24, 2.45) is 5.41 Å². The molecule has 0 fully saturated rings. The van der Waals surface area contributed by atoms with E-state index >= 15 is 0 Å². The first-order valence-electron chi connectivity index (χ1n) is 6.55. The van der Waals surface area contributed by atoms with Gasteiger partial charge in [-0.25, -0.2) is 4.57 Å². The molecule has 0 aromatic rings. The molecule has 0 aromatic heterocycles. The Kier molecular flexibility index (Phi) is 7.90. The molecule has 2 unspecified atom stereocenters. The average Bonchev–Trinajstić information content (AvgIpc) is 2.30. The second-order valence-corrected chi connectivity index (χ2v) is 8.18. The first-order valence-corrected chi connectivity index (χ1v) is 8.68. The van der Waals surface area contributed by atoms with Crippen LogP contribution in [0.2, 0.25) is 0 Å². The van der Waals surface area contributed by atoms with Crippen molar-refractivity contribution in [3.05, 3.63) is 0 Å². The second kappa shape index (κ2) is 7.94. The second-order valence-electron chi connectivity index (χ2n) is 6.35. The largest absolute Gasteiger partial charge is 0.472 e. The number of phosphoric acid groups is 1. The molecule has 0 aliphatic carbocycles. The molecule has 0 aliphatic rings. The van der Waals surface area contributed by atoms with Gasteiger partial charge in [0.2, 0.25) is 5.91 Å². The van der Waals surface area contributed by atoms with Crippen LogP contribution in [-0.2, 0) is 18.4 Å². The Morgan fingerprint density at radius 3 is 2.29 bits per heavy atom. The van der Waals surface area contributed by atoms with E-state index in [9.17, 15) is 19.4 Å². The molecular weight excluding hydrogens is 317 g/mol. The van der Waals surface area contributed by atoms with Gasteiger partial charge in [0, 0.05) is 17.7 Å². The van der Waals surface area contributed by atoms with Crippen molar-refractivity contribution in [2.45, 2.75) is 46.3 Å². The minimum Gasteiger partial charge on any atom is -0.383 e. The molecule has 0 rings (SSSR count). The number of aliphatic hydroxyl groups is 1. The summed E-state index contributed by atoms with van der Waals surface area (Å²) in [5.41, 5.74) is -1.91. The fourth-order valence-corrected chi connectivity index (χ4v) is 2.68. The van der Waals surface area contributed by atoms with Crippen molar-refractivity contribution in [2.75, 3.05) is 18.9 Å². The minimum absolute atomic E-state index is 0.313. The fraction of sp³-hybridized carbons (Fsp3) is 0.917. The van der Waals surface area contributed by atoms with E-state index in [1.165, 1.54) is 0 Å². The van der Waals surface area contributed by atoms with E-state index < -0.39 is 30.8 Å². The summed E-state index contributed by atoms with van der Waals surface area (Å²) < 4.78 is 21.6. The van der Waals surface area contributed by atoms with Gasteiger partial charge in [-0.3, -0.25) is 13.8 Å². The summed E-state index contributed by atoms with van der Waals surface area (Å²) in [5.74, 6) is -0.136. The SMILES string of the molecule is CC(C)(C)OP(=O)(O)OCC(C)(C)C(O)C(=O)NCCS. The van der Waals surface area contributed by atoms with E-state index in [4.69, 9.17) is 9.05 Å². The average molecular weight is 343 g/mol. The van der Waals surface area contributed by atoms with Crippen LogP contribution in [-0.4, -0.2) is 46.5 Å². The third-order valence-electron chi connectivity index (χ3n) is 2.39. The van der Waals surface area contributed by atoms with Gasteiger partial charge in [0.15, 0.2) is 0 Å². The molecule has 0 saturated heterocycles. The molecule has 0 saturated carbocycles. The van der Waals surface area contributed by atoms with Gasteiger partial charge in [-0.05, 0) is 20.8 Å². The topological polar surface area (TPSA) is 105 Å². The zero-order valence-corrected chi connectivity index (χ0v) is 14.9. The highest BCUT2D eigenvalue weighted by Crippen LogP contribution is 2.48. The summed E-state index contributed by atoms with van der Waals surface area (Å²) in [6.07, 6.45) is -1.38. The van der Waals surface area contributed by atoms with E-state index in [0.29, 0.717) is 12.3 Å². The van der Waals surface area contributed by atoms with E-state index in [1.807, 2.05) is 0 Å². The monoisotopic (exact) mass is 343 g/mol. The number of carbonyl (C=O) groups is 1. The number of amides is 1. The Balaban J connectivity index is 4.60. The zero-order valence-electron chi connectivity index (χ0n) is 13.1.